The van der Waals surface area contributed by atoms with E-state index in [1.54, 1.807) is 6.20 Å². The van der Waals surface area contributed by atoms with Crippen LogP contribution in [0.15, 0.2) is 48.8 Å². The number of benzene rings is 1. The second-order valence-corrected chi connectivity index (χ2v) is 4.51. The zero-order chi connectivity index (χ0) is 14.8. The summed E-state index contributed by atoms with van der Waals surface area (Å²) < 4.78 is 19.9. The van der Waals surface area contributed by atoms with Gasteiger partial charge < -0.3 is 14.9 Å². The Labute approximate surface area is 119 Å². The minimum Gasteiger partial charge on any atom is -0.455 e. The molecule has 3 rings (SSSR count). The van der Waals surface area contributed by atoms with Crippen LogP contribution in [0.25, 0.3) is 5.65 Å². The van der Waals surface area contributed by atoms with Crippen LogP contribution in [0.2, 0.25) is 0 Å². The highest BCUT2D eigenvalue weighted by atomic mass is 19.1. The van der Waals surface area contributed by atoms with Crippen molar-refractivity contribution in [2.24, 2.45) is 0 Å². The maximum Gasteiger partial charge on any atom is 0.340 e. The van der Waals surface area contributed by atoms with Crippen LogP contribution in [0.4, 0.5) is 10.1 Å². The summed E-state index contributed by atoms with van der Waals surface area (Å²) in [6.07, 6.45) is 3.63. The fourth-order valence-electron chi connectivity index (χ4n) is 1.99. The summed E-state index contributed by atoms with van der Waals surface area (Å²) >= 11 is 0. The van der Waals surface area contributed by atoms with Gasteiger partial charge in [0.05, 0.1) is 11.3 Å². The summed E-state index contributed by atoms with van der Waals surface area (Å²) in [6.45, 7) is 0.0251. The number of pyridine rings is 1. The van der Waals surface area contributed by atoms with Crippen LogP contribution in [0.3, 0.4) is 0 Å². The number of aromatic nitrogens is 2. The molecule has 0 radical (unpaired) electrons. The molecule has 0 fully saturated rings. The van der Waals surface area contributed by atoms with E-state index in [-0.39, 0.29) is 17.9 Å². The quantitative estimate of drug-likeness (QED) is 0.592. The zero-order valence-electron chi connectivity index (χ0n) is 11.0. The lowest BCUT2D eigenvalue weighted by atomic mass is 10.2. The molecule has 1 aromatic carbocycles. The highest BCUT2D eigenvalue weighted by Gasteiger charge is 2.13. The van der Waals surface area contributed by atoms with Gasteiger partial charge in [0, 0.05) is 18.1 Å². The summed E-state index contributed by atoms with van der Waals surface area (Å²) in [6, 6.07) is 9.15. The number of halogens is 1. The van der Waals surface area contributed by atoms with Gasteiger partial charge in [-0.25, -0.2) is 14.2 Å². The minimum atomic E-state index is -0.607. The van der Waals surface area contributed by atoms with E-state index in [4.69, 9.17) is 10.5 Å². The van der Waals surface area contributed by atoms with E-state index in [1.807, 2.05) is 28.8 Å². The van der Waals surface area contributed by atoms with Crippen molar-refractivity contribution in [2.45, 2.75) is 6.61 Å². The van der Waals surface area contributed by atoms with Crippen LogP contribution < -0.4 is 5.73 Å². The second-order valence-electron chi connectivity index (χ2n) is 4.51. The minimum absolute atomic E-state index is 0.0251. The molecule has 2 heterocycles. The molecule has 21 heavy (non-hydrogen) atoms. The van der Waals surface area contributed by atoms with Crippen LogP contribution in [0, 0.1) is 5.82 Å². The van der Waals surface area contributed by atoms with Gasteiger partial charge in [-0.15, -0.1) is 0 Å². The molecule has 0 unspecified atom stereocenters. The number of imidazole rings is 1. The van der Waals surface area contributed by atoms with E-state index in [0.717, 1.165) is 17.8 Å². The molecule has 3 aromatic rings. The zero-order valence-corrected chi connectivity index (χ0v) is 11.0. The summed E-state index contributed by atoms with van der Waals surface area (Å²) in [5.41, 5.74) is 7.17. The molecular formula is C15H12FN3O2. The molecule has 0 aliphatic heterocycles. The van der Waals surface area contributed by atoms with E-state index >= 15 is 0 Å². The molecule has 0 bridgehead atoms. The molecule has 0 saturated carbocycles. The molecule has 0 aliphatic rings. The number of fused-ring (bicyclic) bond motifs is 1. The van der Waals surface area contributed by atoms with Gasteiger partial charge in [-0.3, -0.25) is 0 Å². The van der Waals surface area contributed by atoms with Gasteiger partial charge in [0.15, 0.2) is 0 Å². The fourth-order valence-corrected chi connectivity index (χ4v) is 1.99. The van der Waals surface area contributed by atoms with Gasteiger partial charge in [0.1, 0.15) is 18.1 Å². The molecule has 0 amide bonds. The molecule has 2 N–H and O–H groups in total. The summed E-state index contributed by atoms with van der Waals surface area (Å²) in [5.74, 6) is -1.10. The lowest BCUT2D eigenvalue weighted by Gasteiger charge is -2.05. The van der Waals surface area contributed by atoms with Crippen molar-refractivity contribution in [3.8, 4) is 0 Å². The van der Waals surface area contributed by atoms with Gasteiger partial charge in [0.2, 0.25) is 0 Å². The Balaban J connectivity index is 1.73. The number of carbonyl (C=O) groups is 1. The standard InChI is InChI=1S/C15H12FN3O2/c16-10-4-5-12(13(17)7-10)15(20)21-9-11-8-19-6-2-1-3-14(19)18-11/h1-8H,9,17H2. The van der Waals surface area contributed by atoms with E-state index in [1.165, 1.54) is 6.07 Å². The SMILES string of the molecule is Nc1cc(F)ccc1C(=O)OCc1cn2ccccc2n1. The van der Waals surface area contributed by atoms with Gasteiger partial charge in [-0.1, -0.05) is 6.07 Å². The molecule has 2 aromatic heterocycles. The first-order chi connectivity index (χ1) is 10.1. The Bertz CT molecular complexity index is 781. The van der Waals surface area contributed by atoms with Gasteiger partial charge >= 0.3 is 5.97 Å². The highest BCUT2D eigenvalue weighted by Crippen LogP contribution is 2.15. The predicted octanol–water partition coefficient (Wildman–Crippen LogP) is 2.41. The van der Waals surface area contributed by atoms with Crippen molar-refractivity contribution in [3.05, 3.63) is 65.9 Å². The Morgan fingerprint density at radius 2 is 2.19 bits per heavy atom. The van der Waals surface area contributed by atoms with Crippen molar-refractivity contribution in [1.29, 1.82) is 0 Å². The van der Waals surface area contributed by atoms with E-state index in [0.29, 0.717) is 5.69 Å². The van der Waals surface area contributed by atoms with Crippen LogP contribution >= 0.6 is 0 Å². The number of ether oxygens (including phenoxy) is 1. The van der Waals surface area contributed by atoms with Gasteiger partial charge in [-0.2, -0.15) is 0 Å². The largest absolute Gasteiger partial charge is 0.455 e. The molecule has 6 heteroatoms. The Hall–Kier alpha value is -2.89. The van der Waals surface area contributed by atoms with E-state index in [2.05, 4.69) is 4.98 Å². The van der Waals surface area contributed by atoms with E-state index < -0.39 is 11.8 Å². The molecule has 0 saturated heterocycles. The predicted molar refractivity (Wildman–Crippen MR) is 75.1 cm³/mol. The van der Waals surface area contributed by atoms with Gasteiger partial charge in [0.25, 0.3) is 0 Å². The number of rotatable bonds is 3. The number of hydrogen-bond acceptors (Lipinski definition) is 4. The monoisotopic (exact) mass is 285 g/mol. The smallest absolute Gasteiger partial charge is 0.340 e. The number of nitrogens with zero attached hydrogens (tertiary/aromatic N) is 2. The normalized spacial score (nSPS) is 10.7. The van der Waals surface area contributed by atoms with Crippen LogP contribution in [0.1, 0.15) is 16.1 Å². The van der Waals surface area contributed by atoms with Crippen molar-refractivity contribution in [3.63, 3.8) is 0 Å². The third-order valence-corrected chi connectivity index (χ3v) is 3.00. The van der Waals surface area contributed by atoms with Crippen molar-refractivity contribution < 1.29 is 13.9 Å². The first-order valence-electron chi connectivity index (χ1n) is 6.28. The molecule has 0 aliphatic carbocycles. The van der Waals surface area contributed by atoms with Crippen molar-refractivity contribution in [2.75, 3.05) is 5.73 Å². The topological polar surface area (TPSA) is 69.6 Å². The number of anilines is 1. The molecule has 106 valence electrons. The molecule has 0 spiro atoms. The summed E-state index contributed by atoms with van der Waals surface area (Å²) in [7, 11) is 0. The van der Waals surface area contributed by atoms with Crippen molar-refractivity contribution >= 4 is 17.3 Å². The lowest BCUT2D eigenvalue weighted by Crippen LogP contribution is -2.08. The fraction of sp³-hybridized carbons (Fsp3) is 0.0667. The number of esters is 1. The van der Waals surface area contributed by atoms with E-state index in [9.17, 15) is 9.18 Å². The Kier molecular flexibility index (Phi) is 3.27. The van der Waals surface area contributed by atoms with Crippen LogP contribution in [0.5, 0.6) is 0 Å². The number of carbonyl (C=O) groups excluding carboxylic acids is 1. The number of nitrogens with two attached hydrogens (primary N) is 1. The maximum absolute atomic E-state index is 12.9. The Morgan fingerprint density at radius 3 is 2.95 bits per heavy atom. The van der Waals surface area contributed by atoms with Crippen molar-refractivity contribution in [1.82, 2.24) is 9.38 Å². The first kappa shape index (κ1) is 13.1. The van der Waals surface area contributed by atoms with Crippen LogP contribution in [-0.2, 0) is 11.3 Å². The van der Waals surface area contributed by atoms with Crippen LogP contribution in [-0.4, -0.2) is 15.4 Å². The average Bonchev–Trinajstić information content (AvgIpc) is 2.87. The summed E-state index contributed by atoms with van der Waals surface area (Å²) in [4.78, 5) is 16.2. The Morgan fingerprint density at radius 1 is 1.33 bits per heavy atom. The maximum atomic E-state index is 12.9. The third kappa shape index (κ3) is 2.69. The third-order valence-electron chi connectivity index (χ3n) is 3.00. The molecular weight excluding hydrogens is 273 g/mol. The lowest BCUT2D eigenvalue weighted by molar-refractivity contribution is 0.0469. The second kappa shape index (κ2) is 5.24. The van der Waals surface area contributed by atoms with Gasteiger partial charge in [-0.05, 0) is 30.3 Å². The first-order valence-corrected chi connectivity index (χ1v) is 6.28. The summed E-state index contributed by atoms with van der Waals surface area (Å²) in [5, 5.41) is 0. The average molecular weight is 285 g/mol. The molecule has 5 nitrogen and oxygen atoms in total. The number of hydrogen-bond donors (Lipinski definition) is 1. The highest BCUT2D eigenvalue weighted by molar-refractivity contribution is 5.94. The number of nitrogen functional groups attached to an aromatic ring is 1. The molecule has 0 atom stereocenters.